The van der Waals surface area contributed by atoms with E-state index in [-0.39, 0.29) is 0 Å². The number of aryl methyl sites for hydroxylation is 2. The Hall–Kier alpha value is -1.54. The molecule has 1 heterocycles. The third-order valence-corrected chi connectivity index (χ3v) is 6.13. The average Bonchev–Trinajstić information content (AvgIpc) is 2.46. The van der Waals surface area contributed by atoms with Crippen molar-refractivity contribution in [2.45, 2.75) is 20.8 Å². The van der Waals surface area contributed by atoms with Crippen molar-refractivity contribution < 1.29 is 13.6 Å². The first-order valence-electron chi connectivity index (χ1n) is 7.46. The van der Waals surface area contributed by atoms with Crippen molar-refractivity contribution in [2.75, 3.05) is 6.61 Å². The van der Waals surface area contributed by atoms with Crippen LogP contribution < -0.4 is 5.30 Å². The first kappa shape index (κ1) is 16.3. The van der Waals surface area contributed by atoms with E-state index in [4.69, 9.17) is 20.6 Å². The summed E-state index contributed by atoms with van der Waals surface area (Å²) in [6.07, 6.45) is 1.91. The lowest BCUT2D eigenvalue weighted by atomic mass is 10.0. The third kappa shape index (κ3) is 3.10. The van der Waals surface area contributed by atoms with Gasteiger partial charge in [-0.15, -0.1) is 0 Å². The maximum atomic E-state index is 13.3. The van der Waals surface area contributed by atoms with E-state index in [1.54, 1.807) is 12.1 Å². The molecular formula is C18H18ClO3P. The van der Waals surface area contributed by atoms with Crippen LogP contribution in [-0.2, 0) is 13.6 Å². The van der Waals surface area contributed by atoms with Crippen LogP contribution in [0.5, 0.6) is 0 Å². The van der Waals surface area contributed by atoms with Crippen LogP contribution in [0.15, 0.2) is 36.4 Å². The second-order valence-corrected chi connectivity index (χ2v) is 7.86. The fourth-order valence-electron chi connectivity index (χ4n) is 2.83. The summed E-state index contributed by atoms with van der Waals surface area (Å²) in [7, 11) is -3.40. The Morgan fingerprint density at radius 2 is 1.87 bits per heavy atom. The van der Waals surface area contributed by atoms with Crippen LogP contribution in [0.4, 0.5) is 0 Å². The second kappa shape index (κ2) is 6.16. The molecule has 1 aliphatic rings. The molecule has 0 aliphatic carbocycles. The minimum Gasteiger partial charge on any atom is -0.421 e. The normalized spacial score (nSPS) is 19.7. The van der Waals surface area contributed by atoms with Gasteiger partial charge in [-0.1, -0.05) is 29.3 Å². The standard InChI is InChI=1S/C18H18ClO3P/c1-4-21-23(20)18-13(3)9-12(2)10-15(18)11-17(22-23)14-5-7-16(19)8-6-14/h5-11H,4H2,1-3H3. The van der Waals surface area contributed by atoms with Crippen LogP contribution in [0.25, 0.3) is 11.8 Å². The van der Waals surface area contributed by atoms with E-state index in [0.29, 0.717) is 22.7 Å². The Morgan fingerprint density at radius 1 is 1.17 bits per heavy atom. The van der Waals surface area contributed by atoms with E-state index < -0.39 is 7.60 Å². The van der Waals surface area contributed by atoms with Crippen molar-refractivity contribution in [3.05, 3.63) is 63.7 Å². The highest BCUT2D eigenvalue weighted by Crippen LogP contribution is 2.55. The molecule has 0 saturated heterocycles. The van der Waals surface area contributed by atoms with Crippen LogP contribution >= 0.6 is 19.2 Å². The predicted molar refractivity (Wildman–Crippen MR) is 95.2 cm³/mol. The van der Waals surface area contributed by atoms with Crippen molar-refractivity contribution in [3.8, 4) is 0 Å². The highest BCUT2D eigenvalue weighted by molar-refractivity contribution is 7.63. The van der Waals surface area contributed by atoms with Crippen molar-refractivity contribution in [1.82, 2.24) is 0 Å². The van der Waals surface area contributed by atoms with Crippen molar-refractivity contribution in [3.63, 3.8) is 0 Å². The Balaban J connectivity index is 2.19. The Morgan fingerprint density at radius 3 is 2.52 bits per heavy atom. The molecule has 0 radical (unpaired) electrons. The molecule has 23 heavy (non-hydrogen) atoms. The smallest absolute Gasteiger partial charge is 0.411 e. The van der Waals surface area contributed by atoms with Gasteiger partial charge in [0.05, 0.1) is 11.9 Å². The lowest BCUT2D eigenvalue weighted by Crippen LogP contribution is -2.20. The lowest BCUT2D eigenvalue weighted by molar-refractivity contribution is 0.279. The van der Waals surface area contributed by atoms with Gasteiger partial charge in [0.1, 0.15) is 5.76 Å². The quantitative estimate of drug-likeness (QED) is 0.702. The molecule has 0 spiro atoms. The minimum atomic E-state index is -3.40. The van der Waals surface area contributed by atoms with Gasteiger partial charge in [0, 0.05) is 10.6 Å². The zero-order valence-electron chi connectivity index (χ0n) is 13.3. The zero-order chi connectivity index (χ0) is 16.6. The Labute approximate surface area is 141 Å². The molecule has 0 saturated carbocycles. The maximum absolute atomic E-state index is 13.3. The minimum absolute atomic E-state index is 0.317. The van der Waals surface area contributed by atoms with E-state index in [1.165, 1.54) is 0 Å². The van der Waals surface area contributed by atoms with E-state index in [2.05, 4.69) is 0 Å². The van der Waals surface area contributed by atoms with E-state index >= 15 is 0 Å². The molecule has 2 aromatic rings. The molecule has 0 N–H and O–H groups in total. The SMILES string of the molecule is CCOP1(=O)OC(c2ccc(Cl)cc2)=Cc2cc(C)cc(C)c21. The second-order valence-electron chi connectivity index (χ2n) is 5.54. The topological polar surface area (TPSA) is 35.5 Å². The number of halogens is 1. The lowest BCUT2D eigenvalue weighted by Gasteiger charge is -2.28. The summed E-state index contributed by atoms with van der Waals surface area (Å²) in [5, 5.41) is 1.30. The van der Waals surface area contributed by atoms with Gasteiger partial charge in [-0.2, -0.15) is 0 Å². The number of fused-ring (bicyclic) bond motifs is 1. The third-order valence-electron chi connectivity index (χ3n) is 3.68. The highest BCUT2D eigenvalue weighted by Gasteiger charge is 2.37. The molecule has 120 valence electrons. The molecule has 1 aliphatic heterocycles. The molecule has 3 nitrogen and oxygen atoms in total. The number of hydrogen-bond acceptors (Lipinski definition) is 3. The summed E-state index contributed by atoms with van der Waals surface area (Å²) < 4.78 is 24.7. The van der Waals surface area contributed by atoms with E-state index in [1.807, 2.05) is 51.1 Å². The first-order valence-corrected chi connectivity index (χ1v) is 9.38. The predicted octanol–water partition coefficient (Wildman–Crippen LogP) is 5.34. The van der Waals surface area contributed by atoms with Gasteiger partial charge in [0.2, 0.25) is 0 Å². The number of benzene rings is 2. The fraction of sp³-hybridized carbons (Fsp3) is 0.222. The summed E-state index contributed by atoms with van der Waals surface area (Å²) in [6, 6.07) is 11.3. The molecule has 1 unspecified atom stereocenters. The molecule has 0 aromatic heterocycles. The molecule has 0 bridgehead atoms. The summed E-state index contributed by atoms with van der Waals surface area (Å²) in [6.45, 7) is 6.08. The van der Waals surface area contributed by atoms with Gasteiger partial charge in [-0.3, -0.25) is 4.52 Å². The van der Waals surface area contributed by atoms with E-state index in [9.17, 15) is 4.57 Å². The summed E-state index contributed by atoms with van der Waals surface area (Å²) in [4.78, 5) is 0. The molecule has 2 aromatic carbocycles. The van der Waals surface area contributed by atoms with Gasteiger partial charge in [-0.05, 0) is 62.2 Å². The monoisotopic (exact) mass is 348 g/mol. The summed E-state index contributed by atoms with van der Waals surface area (Å²) in [5.74, 6) is 0.538. The fourth-order valence-corrected chi connectivity index (χ4v) is 4.93. The Kier molecular flexibility index (Phi) is 4.37. The molecule has 0 fully saturated rings. The van der Waals surface area contributed by atoms with Crippen molar-refractivity contribution in [1.29, 1.82) is 0 Å². The molecule has 0 amide bonds. The largest absolute Gasteiger partial charge is 0.421 e. The van der Waals surface area contributed by atoms with Gasteiger partial charge in [-0.25, -0.2) is 4.57 Å². The van der Waals surface area contributed by atoms with Crippen molar-refractivity contribution >= 4 is 36.3 Å². The maximum Gasteiger partial charge on any atom is 0.411 e. The van der Waals surface area contributed by atoms with Gasteiger partial charge < -0.3 is 4.52 Å². The summed E-state index contributed by atoms with van der Waals surface area (Å²) in [5.41, 5.74) is 3.73. The van der Waals surface area contributed by atoms with Crippen LogP contribution in [0.3, 0.4) is 0 Å². The molecule has 5 heteroatoms. The average molecular weight is 349 g/mol. The van der Waals surface area contributed by atoms with Gasteiger partial charge in [0.25, 0.3) is 0 Å². The Bertz CT molecular complexity index is 825. The molecule has 3 rings (SSSR count). The van der Waals surface area contributed by atoms with Gasteiger partial charge in [0.15, 0.2) is 0 Å². The highest BCUT2D eigenvalue weighted by atomic mass is 35.5. The number of hydrogen-bond donors (Lipinski definition) is 0. The first-order chi connectivity index (χ1) is 10.9. The van der Waals surface area contributed by atoms with Gasteiger partial charge >= 0.3 is 7.60 Å². The van der Waals surface area contributed by atoms with E-state index in [0.717, 1.165) is 22.3 Å². The molecular weight excluding hydrogens is 331 g/mol. The van der Waals surface area contributed by atoms with Crippen LogP contribution in [0, 0.1) is 13.8 Å². The number of rotatable bonds is 3. The summed E-state index contributed by atoms with van der Waals surface area (Å²) >= 11 is 5.94. The zero-order valence-corrected chi connectivity index (χ0v) is 14.9. The van der Waals surface area contributed by atoms with Crippen LogP contribution in [0.1, 0.15) is 29.2 Å². The van der Waals surface area contributed by atoms with Crippen LogP contribution in [-0.4, -0.2) is 6.61 Å². The molecule has 1 atom stereocenters. The van der Waals surface area contributed by atoms with Crippen molar-refractivity contribution in [2.24, 2.45) is 0 Å². The van der Waals surface area contributed by atoms with Crippen LogP contribution in [0.2, 0.25) is 5.02 Å².